The Morgan fingerprint density at radius 2 is 1.59 bits per heavy atom. The zero-order valence-electron chi connectivity index (χ0n) is 15.0. The van der Waals surface area contributed by atoms with Crippen LogP contribution in [0.15, 0.2) is 54.6 Å². The molecule has 0 bridgehead atoms. The molecule has 140 valence electrons. The third-order valence-corrected chi connectivity index (χ3v) is 3.66. The zero-order chi connectivity index (χ0) is 19.8. The predicted molar refractivity (Wildman–Crippen MR) is 99.4 cm³/mol. The molecule has 0 unspecified atom stereocenters. The van der Waals surface area contributed by atoms with Crippen molar-refractivity contribution >= 4 is 29.3 Å². The summed E-state index contributed by atoms with van der Waals surface area (Å²) in [5, 5.41) is 5.03. The lowest BCUT2D eigenvalue weighted by molar-refractivity contribution is -0.148. The molecule has 2 rings (SSSR count). The van der Waals surface area contributed by atoms with Gasteiger partial charge in [-0.3, -0.25) is 14.4 Å². The molecule has 0 saturated carbocycles. The molecule has 0 saturated heterocycles. The van der Waals surface area contributed by atoms with Crippen LogP contribution in [0, 0.1) is 0 Å². The fraction of sp³-hybridized carbons (Fsp3) is 0.200. The molecule has 0 heterocycles. The Morgan fingerprint density at radius 3 is 2.26 bits per heavy atom. The van der Waals surface area contributed by atoms with E-state index >= 15 is 0 Å². The largest absolute Gasteiger partial charge is 0.454 e. The Balaban J connectivity index is 1.85. The lowest BCUT2D eigenvalue weighted by Crippen LogP contribution is -2.40. The monoisotopic (exact) mass is 368 g/mol. The molecule has 0 aliphatic carbocycles. The number of para-hydroxylation sites is 1. The first-order chi connectivity index (χ1) is 12.9. The molecule has 0 aromatic heterocycles. The van der Waals surface area contributed by atoms with Crippen molar-refractivity contribution in [2.24, 2.45) is 0 Å². The van der Waals surface area contributed by atoms with E-state index in [1.807, 2.05) is 0 Å². The summed E-state index contributed by atoms with van der Waals surface area (Å²) in [6.07, 6.45) is 0. The van der Waals surface area contributed by atoms with Crippen LogP contribution in [-0.4, -0.2) is 36.2 Å². The minimum atomic E-state index is -0.921. The van der Waals surface area contributed by atoms with Crippen molar-refractivity contribution in [3.05, 3.63) is 65.7 Å². The Hall–Kier alpha value is -3.48. The number of esters is 1. The highest BCUT2D eigenvalue weighted by Gasteiger charge is 2.19. The number of ketones is 1. The number of hydrogen-bond donors (Lipinski definition) is 2. The summed E-state index contributed by atoms with van der Waals surface area (Å²) in [5.41, 5.74) is 1.12. The van der Waals surface area contributed by atoms with E-state index < -0.39 is 30.4 Å². The molecule has 0 spiro atoms. The number of anilines is 1. The second-order valence-electron chi connectivity index (χ2n) is 5.82. The fourth-order valence-electron chi connectivity index (χ4n) is 2.28. The minimum absolute atomic E-state index is 0.194. The van der Waals surface area contributed by atoms with Gasteiger partial charge >= 0.3 is 5.97 Å². The van der Waals surface area contributed by atoms with E-state index in [4.69, 9.17) is 4.74 Å². The third kappa shape index (κ3) is 5.78. The van der Waals surface area contributed by atoms with E-state index in [1.165, 1.54) is 13.8 Å². The second kappa shape index (κ2) is 9.28. The molecule has 0 aliphatic heterocycles. The van der Waals surface area contributed by atoms with Crippen molar-refractivity contribution < 1.29 is 23.9 Å². The molecular formula is C20H20N2O5. The van der Waals surface area contributed by atoms with E-state index in [0.29, 0.717) is 16.8 Å². The van der Waals surface area contributed by atoms with Crippen LogP contribution >= 0.6 is 0 Å². The lowest BCUT2D eigenvalue weighted by atomic mass is 10.1. The molecule has 0 radical (unpaired) electrons. The van der Waals surface area contributed by atoms with Crippen LogP contribution in [0.2, 0.25) is 0 Å². The topological polar surface area (TPSA) is 102 Å². The van der Waals surface area contributed by atoms with Gasteiger partial charge in [-0.15, -0.1) is 0 Å². The number of benzene rings is 2. The summed E-state index contributed by atoms with van der Waals surface area (Å²) in [5.74, 6) is -1.94. The van der Waals surface area contributed by atoms with Crippen LogP contribution in [0.25, 0.3) is 0 Å². The number of ether oxygens (including phenoxy) is 1. The van der Waals surface area contributed by atoms with Gasteiger partial charge < -0.3 is 15.4 Å². The number of rotatable bonds is 7. The molecule has 7 heteroatoms. The first kappa shape index (κ1) is 19.8. The molecule has 1 atom stereocenters. The lowest BCUT2D eigenvalue weighted by Gasteiger charge is -2.14. The zero-order valence-corrected chi connectivity index (χ0v) is 15.0. The fourth-order valence-corrected chi connectivity index (χ4v) is 2.28. The van der Waals surface area contributed by atoms with Crippen LogP contribution in [0.4, 0.5) is 5.69 Å². The second-order valence-corrected chi connectivity index (χ2v) is 5.82. The Morgan fingerprint density at radius 1 is 0.963 bits per heavy atom. The number of hydrogen-bond acceptors (Lipinski definition) is 5. The summed E-state index contributed by atoms with van der Waals surface area (Å²) in [4.78, 5) is 47.5. The maximum Gasteiger partial charge on any atom is 0.328 e. The van der Waals surface area contributed by atoms with Crippen LogP contribution < -0.4 is 10.6 Å². The summed E-state index contributed by atoms with van der Waals surface area (Å²) in [7, 11) is 0. The number of nitrogens with one attached hydrogen (secondary N) is 2. The molecule has 27 heavy (non-hydrogen) atoms. The van der Waals surface area contributed by atoms with Gasteiger partial charge in [0.1, 0.15) is 6.04 Å². The Bertz CT molecular complexity index is 848. The normalized spacial score (nSPS) is 11.2. The summed E-state index contributed by atoms with van der Waals surface area (Å²) < 4.78 is 4.92. The molecule has 2 aromatic rings. The molecule has 7 nitrogen and oxygen atoms in total. The molecule has 2 N–H and O–H groups in total. The Labute approximate surface area is 156 Å². The van der Waals surface area contributed by atoms with Crippen LogP contribution in [-0.2, 0) is 14.3 Å². The van der Waals surface area contributed by atoms with E-state index in [0.717, 1.165) is 0 Å². The highest BCUT2D eigenvalue weighted by Crippen LogP contribution is 2.15. The van der Waals surface area contributed by atoms with Gasteiger partial charge in [-0.1, -0.05) is 30.3 Å². The van der Waals surface area contributed by atoms with Gasteiger partial charge in [0.25, 0.3) is 11.8 Å². The number of carbonyl (C=O) groups excluding carboxylic acids is 4. The highest BCUT2D eigenvalue weighted by molar-refractivity contribution is 6.04. The molecule has 0 fully saturated rings. The standard InChI is InChI=1S/C20H20N2O5/c1-13(21-19(25)15-8-4-3-5-9-15)20(26)27-12-18(24)22-17-11-7-6-10-16(17)14(2)23/h3-11,13H,12H2,1-2H3,(H,21,25)(H,22,24)/t13-/m0/s1. The smallest absolute Gasteiger partial charge is 0.328 e. The summed E-state index contributed by atoms with van der Waals surface area (Å²) in [6, 6.07) is 14.0. The van der Waals surface area contributed by atoms with Crippen LogP contribution in [0.1, 0.15) is 34.6 Å². The van der Waals surface area contributed by atoms with Gasteiger partial charge in [0.2, 0.25) is 0 Å². The Kier molecular flexibility index (Phi) is 6.82. The van der Waals surface area contributed by atoms with Crippen molar-refractivity contribution in [2.75, 3.05) is 11.9 Å². The molecule has 2 amide bonds. The molecule has 0 aliphatic rings. The first-order valence-electron chi connectivity index (χ1n) is 8.31. The van der Waals surface area contributed by atoms with Crippen molar-refractivity contribution in [2.45, 2.75) is 19.9 Å². The van der Waals surface area contributed by atoms with Crippen molar-refractivity contribution in [1.82, 2.24) is 5.32 Å². The minimum Gasteiger partial charge on any atom is -0.454 e. The third-order valence-electron chi connectivity index (χ3n) is 3.66. The number of carbonyl (C=O) groups is 4. The number of Topliss-reactive ketones (excluding diaryl/α,β-unsaturated/α-hetero) is 1. The van der Waals surface area contributed by atoms with E-state index in [-0.39, 0.29) is 5.78 Å². The van der Waals surface area contributed by atoms with E-state index in [1.54, 1.807) is 54.6 Å². The van der Waals surface area contributed by atoms with E-state index in [9.17, 15) is 19.2 Å². The van der Waals surface area contributed by atoms with Crippen molar-refractivity contribution in [3.63, 3.8) is 0 Å². The summed E-state index contributed by atoms with van der Waals surface area (Å²) in [6.45, 7) is 2.32. The van der Waals surface area contributed by atoms with Crippen LogP contribution in [0.3, 0.4) is 0 Å². The predicted octanol–water partition coefficient (Wildman–Crippen LogP) is 2.19. The summed E-state index contributed by atoms with van der Waals surface area (Å²) >= 11 is 0. The van der Waals surface area contributed by atoms with Crippen molar-refractivity contribution in [1.29, 1.82) is 0 Å². The molecule has 2 aromatic carbocycles. The van der Waals surface area contributed by atoms with Crippen molar-refractivity contribution in [3.8, 4) is 0 Å². The maximum absolute atomic E-state index is 12.0. The first-order valence-corrected chi connectivity index (χ1v) is 8.31. The van der Waals surface area contributed by atoms with E-state index in [2.05, 4.69) is 10.6 Å². The average molecular weight is 368 g/mol. The number of amides is 2. The highest BCUT2D eigenvalue weighted by atomic mass is 16.5. The van der Waals surface area contributed by atoms with Crippen LogP contribution in [0.5, 0.6) is 0 Å². The van der Waals surface area contributed by atoms with Gasteiger partial charge in [-0.05, 0) is 38.1 Å². The quantitative estimate of drug-likeness (QED) is 0.576. The van der Waals surface area contributed by atoms with Gasteiger partial charge in [-0.2, -0.15) is 0 Å². The maximum atomic E-state index is 12.0. The van der Waals surface area contributed by atoms with Gasteiger partial charge in [-0.25, -0.2) is 4.79 Å². The van der Waals surface area contributed by atoms with Gasteiger partial charge in [0, 0.05) is 11.1 Å². The SMILES string of the molecule is CC(=O)c1ccccc1NC(=O)COC(=O)[C@H](C)NC(=O)c1ccccc1. The van der Waals surface area contributed by atoms with Gasteiger partial charge in [0.05, 0.1) is 5.69 Å². The average Bonchev–Trinajstić information content (AvgIpc) is 2.66. The molecular weight excluding hydrogens is 348 g/mol. The van der Waals surface area contributed by atoms with Gasteiger partial charge in [0.15, 0.2) is 12.4 Å².